The molecule has 7 heteroatoms. The zero-order valence-corrected chi connectivity index (χ0v) is 14.5. The lowest BCUT2D eigenvalue weighted by atomic mass is 10.2. The summed E-state index contributed by atoms with van der Waals surface area (Å²) in [5.74, 6) is -0.126. The first-order valence-corrected chi connectivity index (χ1v) is 8.16. The third-order valence-corrected chi connectivity index (χ3v) is 4.25. The van der Waals surface area contributed by atoms with Crippen LogP contribution in [0.2, 0.25) is 10.0 Å². The lowest BCUT2D eigenvalue weighted by Crippen LogP contribution is -2.29. The molecule has 0 atom stereocenters. The highest BCUT2D eigenvalue weighted by atomic mass is 35.5. The first kappa shape index (κ1) is 17.2. The van der Waals surface area contributed by atoms with Crippen LogP contribution in [0.25, 0.3) is 0 Å². The van der Waals surface area contributed by atoms with Crippen molar-refractivity contribution in [3.8, 4) is 0 Å². The maximum Gasteiger partial charge on any atom is 0.263 e. The summed E-state index contributed by atoms with van der Waals surface area (Å²) in [6.07, 6.45) is 3.17. The molecule has 1 amide bonds. The lowest BCUT2D eigenvalue weighted by Gasteiger charge is -2.09. The Hall–Kier alpha value is -2.63. The highest BCUT2D eigenvalue weighted by Crippen LogP contribution is 2.22. The summed E-state index contributed by atoms with van der Waals surface area (Å²) in [4.78, 5) is 28.9. The minimum atomic E-state index is -0.507. The normalized spacial score (nSPS) is 10.5. The van der Waals surface area contributed by atoms with Crippen molar-refractivity contribution >= 4 is 34.9 Å². The number of carbonyl (C=O) groups is 1. The molecule has 3 rings (SSSR count). The molecule has 0 radical (unpaired) electrons. The Balaban J connectivity index is 1.85. The summed E-state index contributed by atoms with van der Waals surface area (Å²) in [7, 11) is 0. The molecule has 0 spiro atoms. The number of hydrogen-bond donors (Lipinski definition) is 1. The standard InChI is InChI=1S/C18H13Cl2N3O2/c19-14-7-6-12(10-15(14)20)11-23-9-3-4-13(18(23)25)17(24)22-16-5-1-2-8-21-16/h1-10H,11H2,(H,21,22,24). The van der Waals surface area contributed by atoms with Gasteiger partial charge in [-0.05, 0) is 42.0 Å². The number of nitrogens with zero attached hydrogens (tertiary/aromatic N) is 2. The van der Waals surface area contributed by atoms with Crippen molar-refractivity contribution in [3.05, 3.63) is 92.5 Å². The Bertz CT molecular complexity index is 972. The van der Waals surface area contributed by atoms with Crippen LogP contribution in [0.4, 0.5) is 5.82 Å². The van der Waals surface area contributed by atoms with Crippen LogP contribution in [0.15, 0.2) is 65.7 Å². The third-order valence-electron chi connectivity index (χ3n) is 3.51. The molecule has 0 aliphatic carbocycles. The van der Waals surface area contributed by atoms with Crippen molar-refractivity contribution in [2.75, 3.05) is 5.32 Å². The van der Waals surface area contributed by atoms with Crippen LogP contribution < -0.4 is 10.9 Å². The van der Waals surface area contributed by atoms with Crippen molar-refractivity contribution in [3.63, 3.8) is 0 Å². The highest BCUT2D eigenvalue weighted by molar-refractivity contribution is 6.42. The van der Waals surface area contributed by atoms with Crippen LogP contribution in [0.1, 0.15) is 15.9 Å². The predicted octanol–water partition coefficient (Wildman–Crippen LogP) is 3.85. The number of amides is 1. The van der Waals surface area contributed by atoms with E-state index < -0.39 is 11.5 Å². The number of anilines is 1. The van der Waals surface area contributed by atoms with E-state index in [1.54, 1.807) is 54.9 Å². The van der Waals surface area contributed by atoms with E-state index in [4.69, 9.17) is 23.2 Å². The number of halogens is 2. The summed E-state index contributed by atoms with van der Waals surface area (Å²) in [5, 5.41) is 3.46. The summed E-state index contributed by atoms with van der Waals surface area (Å²) in [6, 6.07) is 13.4. The lowest BCUT2D eigenvalue weighted by molar-refractivity contribution is 0.102. The van der Waals surface area contributed by atoms with Crippen LogP contribution >= 0.6 is 23.2 Å². The number of benzene rings is 1. The van der Waals surface area contributed by atoms with E-state index >= 15 is 0 Å². The second-order valence-electron chi connectivity index (χ2n) is 5.27. The monoisotopic (exact) mass is 373 g/mol. The van der Waals surface area contributed by atoms with Gasteiger partial charge in [-0.25, -0.2) is 4.98 Å². The van der Waals surface area contributed by atoms with Crippen LogP contribution in [0, 0.1) is 0 Å². The molecule has 0 aliphatic heterocycles. The molecule has 1 N–H and O–H groups in total. The molecule has 0 saturated carbocycles. The Morgan fingerprint density at radius 2 is 1.92 bits per heavy atom. The van der Waals surface area contributed by atoms with Gasteiger partial charge in [0.15, 0.2) is 0 Å². The van der Waals surface area contributed by atoms with E-state index in [0.29, 0.717) is 15.9 Å². The second-order valence-corrected chi connectivity index (χ2v) is 6.09. The SMILES string of the molecule is O=C(Nc1ccccn1)c1cccn(Cc2ccc(Cl)c(Cl)c2)c1=O. The Morgan fingerprint density at radius 3 is 2.64 bits per heavy atom. The molecule has 2 heterocycles. The minimum Gasteiger partial charge on any atom is -0.310 e. The van der Waals surface area contributed by atoms with Crippen molar-refractivity contribution in [1.29, 1.82) is 0 Å². The maximum atomic E-state index is 12.6. The first-order chi connectivity index (χ1) is 12.0. The summed E-state index contributed by atoms with van der Waals surface area (Å²) in [6.45, 7) is 0.278. The van der Waals surface area contributed by atoms with Gasteiger partial charge in [-0.1, -0.05) is 35.3 Å². The third kappa shape index (κ3) is 4.07. The maximum absolute atomic E-state index is 12.6. The van der Waals surface area contributed by atoms with Gasteiger partial charge in [0, 0.05) is 12.4 Å². The molecule has 0 saturated heterocycles. The molecule has 0 bridgehead atoms. The Kier molecular flexibility index (Phi) is 5.16. The van der Waals surface area contributed by atoms with Crippen molar-refractivity contribution < 1.29 is 4.79 Å². The highest BCUT2D eigenvalue weighted by Gasteiger charge is 2.13. The molecule has 5 nitrogen and oxygen atoms in total. The van der Waals surface area contributed by atoms with Gasteiger partial charge in [-0.15, -0.1) is 0 Å². The summed E-state index contributed by atoms with van der Waals surface area (Å²) in [5.41, 5.74) is 0.439. The largest absolute Gasteiger partial charge is 0.310 e. The van der Waals surface area contributed by atoms with Crippen molar-refractivity contribution in [1.82, 2.24) is 9.55 Å². The van der Waals surface area contributed by atoms with Gasteiger partial charge in [0.1, 0.15) is 11.4 Å². The molecule has 25 heavy (non-hydrogen) atoms. The van der Waals surface area contributed by atoms with Gasteiger partial charge in [0.25, 0.3) is 11.5 Å². The second kappa shape index (κ2) is 7.51. The number of carbonyl (C=O) groups excluding carboxylic acids is 1. The first-order valence-electron chi connectivity index (χ1n) is 7.40. The van der Waals surface area contributed by atoms with Gasteiger partial charge in [0.2, 0.25) is 0 Å². The van der Waals surface area contributed by atoms with E-state index in [1.807, 2.05) is 0 Å². The molecule has 126 valence electrons. The number of nitrogens with one attached hydrogen (secondary N) is 1. The smallest absolute Gasteiger partial charge is 0.263 e. The van der Waals surface area contributed by atoms with E-state index in [0.717, 1.165) is 5.56 Å². The van der Waals surface area contributed by atoms with Gasteiger partial charge in [-0.2, -0.15) is 0 Å². The topological polar surface area (TPSA) is 64.0 Å². The molecule has 0 fully saturated rings. The van der Waals surface area contributed by atoms with Gasteiger partial charge >= 0.3 is 0 Å². The molecular weight excluding hydrogens is 361 g/mol. The van der Waals surface area contributed by atoms with Gasteiger partial charge in [0.05, 0.1) is 16.6 Å². The zero-order chi connectivity index (χ0) is 17.8. The zero-order valence-electron chi connectivity index (χ0n) is 12.9. The predicted molar refractivity (Wildman–Crippen MR) is 98.5 cm³/mol. The van der Waals surface area contributed by atoms with Crippen molar-refractivity contribution in [2.45, 2.75) is 6.54 Å². The van der Waals surface area contributed by atoms with Gasteiger partial charge < -0.3 is 9.88 Å². The fraction of sp³-hybridized carbons (Fsp3) is 0.0556. The quantitative estimate of drug-likeness (QED) is 0.755. The Morgan fingerprint density at radius 1 is 1.08 bits per heavy atom. The average Bonchev–Trinajstić information content (AvgIpc) is 2.61. The van der Waals surface area contributed by atoms with E-state index in [2.05, 4.69) is 10.3 Å². The van der Waals surface area contributed by atoms with Crippen LogP contribution in [0.5, 0.6) is 0 Å². The number of aromatic nitrogens is 2. The molecule has 1 aromatic carbocycles. The summed E-state index contributed by atoms with van der Waals surface area (Å²) >= 11 is 11.9. The van der Waals surface area contributed by atoms with E-state index in [-0.39, 0.29) is 12.1 Å². The fourth-order valence-electron chi connectivity index (χ4n) is 2.29. The van der Waals surface area contributed by atoms with Crippen LogP contribution in [-0.2, 0) is 6.54 Å². The molecule has 2 aromatic heterocycles. The van der Waals surface area contributed by atoms with E-state index in [1.165, 1.54) is 10.6 Å². The minimum absolute atomic E-state index is 0.0354. The summed E-state index contributed by atoms with van der Waals surface area (Å²) < 4.78 is 1.44. The van der Waals surface area contributed by atoms with Crippen LogP contribution in [-0.4, -0.2) is 15.5 Å². The molecule has 0 aliphatic rings. The van der Waals surface area contributed by atoms with Gasteiger partial charge in [-0.3, -0.25) is 9.59 Å². The number of hydrogen-bond acceptors (Lipinski definition) is 3. The number of pyridine rings is 2. The molecule has 3 aromatic rings. The van der Waals surface area contributed by atoms with Crippen molar-refractivity contribution in [2.24, 2.45) is 0 Å². The number of rotatable bonds is 4. The molecular formula is C18H13Cl2N3O2. The van der Waals surface area contributed by atoms with E-state index in [9.17, 15) is 9.59 Å². The van der Waals surface area contributed by atoms with Crippen LogP contribution in [0.3, 0.4) is 0 Å². The fourth-order valence-corrected chi connectivity index (χ4v) is 2.61. The average molecular weight is 374 g/mol. The molecule has 0 unspecified atom stereocenters. The Labute approximate surface area is 153 Å².